The smallest absolute Gasteiger partial charge is 0.325 e. The van der Waals surface area contributed by atoms with Crippen molar-refractivity contribution in [2.24, 2.45) is 23.7 Å². The second-order valence-corrected chi connectivity index (χ2v) is 7.17. The zero-order valence-corrected chi connectivity index (χ0v) is 14.2. The van der Waals surface area contributed by atoms with E-state index in [9.17, 15) is 27.6 Å². The second-order valence-electron chi connectivity index (χ2n) is 7.17. The molecule has 1 heterocycles. The largest absolute Gasteiger partial charge is 0.418 e. The van der Waals surface area contributed by atoms with Gasteiger partial charge in [0.15, 0.2) is 0 Å². The zero-order chi connectivity index (χ0) is 19.3. The molecule has 0 aromatic heterocycles. The number of nitrogens with one attached hydrogen (secondary N) is 1. The van der Waals surface area contributed by atoms with Crippen molar-refractivity contribution in [1.82, 2.24) is 4.90 Å². The number of fused-ring (bicyclic) bond motifs is 5. The first kappa shape index (κ1) is 17.8. The molecule has 0 radical (unpaired) electrons. The number of allylic oxidation sites excluding steroid dienone is 2. The van der Waals surface area contributed by atoms with Gasteiger partial charge in [0, 0.05) is 13.0 Å². The van der Waals surface area contributed by atoms with Crippen LogP contribution in [-0.4, -0.2) is 29.2 Å². The molecule has 0 unspecified atom stereocenters. The van der Waals surface area contributed by atoms with E-state index in [4.69, 9.17) is 0 Å². The fourth-order valence-electron chi connectivity index (χ4n) is 4.45. The molecule has 4 rings (SSSR count). The normalized spacial score (nSPS) is 28.8. The van der Waals surface area contributed by atoms with Gasteiger partial charge >= 0.3 is 6.18 Å². The first-order valence-corrected chi connectivity index (χ1v) is 8.77. The van der Waals surface area contributed by atoms with Crippen LogP contribution in [-0.2, 0) is 20.6 Å². The van der Waals surface area contributed by atoms with Gasteiger partial charge in [-0.05, 0) is 30.4 Å². The molecule has 1 aromatic rings. The summed E-state index contributed by atoms with van der Waals surface area (Å²) in [6.45, 7) is -0.121. The van der Waals surface area contributed by atoms with Crippen LogP contribution in [0, 0.1) is 23.7 Å². The zero-order valence-electron chi connectivity index (χ0n) is 14.2. The van der Waals surface area contributed by atoms with Gasteiger partial charge in [-0.3, -0.25) is 19.3 Å². The summed E-state index contributed by atoms with van der Waals surface area (Å²) < 4.78 is 39.0. The number of rotatable bonds is 4. The highest BCUT2D eigenvalue weighted by Gasteiger charge is 2.59. The number of hydrogen-bond donors (Lipinski definition) is 1. The van der Waals surface area contributed by atoms with Crippen LogP contribution in [0.1, 0.15) is 18.4 Å². The molecule has 8 heteroatoms. The van der Waals surface area contributed by atoms with Crippen molar-refractivity contribution < 1.29 is 27.6 Å². The predicted molar refractivity (Wildman–Crippen MR) is 89.1 cm³/mol. The van der Waals surface area contributed by atoms with Gasteiger partial charge in [-0.15, -0.1) is 0 Å². The Hall–Kier alpha value is -2.64. The van der Waals surface area contributed by atoms with Crippen LogP contribution in [0.2, 0.25) is 0 Å². The number of carbonyl (C=O) groups is 3. The molecule has 2 bridgehead atoms. The van der Waals surface area contributed by atoms with Crippen LogP contribution >= 0.6 is 0 Å². The van der Waals surface area contributed by atoms with E-state index in [1.54, 1.807) is 0 Å². The molecule has 1 aromatic carbocycles. The monoisotopic (exact) mass is 378 g/mol. The highest BCUT2D eigenvalue weighted by molar-refractivity contribution is 6.06. The first-order valence-electron chi connectivity index (χ1n) is 8.77. The van der Waals surface area contributed by atoms with E-state index in [2.05, 4.69) is 5.32 Å². The van der Waals surface area contributed by atoms with Crippen molar-refractivity contribution in [2.75, 3.05) is 11.9 Å². The summed E-state index contributed by atoms with van der Waals surface area (Å²) in [5.74, 6) is -1.76. The molecule has 27 heavy (non-hydrogen) atoms. The third-order valence-electron chi connectivity index (χ3n) is 5.63. The Labute approximate surface area is 153 Å². The Kier molecular flexibility index (Phi) is 4.09. The lowest BCUT2D eigenvalue weighted by Crippen LogP contribution is -2.35. The summed E-state index contributed by atoms with van der Waals surface area (Å²) in [5, 5.41) is 2.23. The van der Waals surface area contributed by atoms with Crippen molar-refractivity contribution in [3.05, 3.63) is 42.0 Å². The fourth-order valence-corrected chi connectivity index (χ4v) is 4.45. The number of alkyl halides is 3. The van der Waals surface area contributed by atoms with Crippen molar-refractivity contribution in [3.63, 3.8) is 0 Å². The third kappa shape index (κ3) is 2.93. The summed E-state index contributed by atoms with van der Waals surface area (Å²) >= 11 is 0. The Morgan fingerprint density at radius 3 is 2.26 bits per heavy atom. The molecular weight excluding hydrogens is 361 g/mol. The third-order valence-corrected chi connectivity index (χ3v) is 5.63. The van der Waals surface area contributed by atoms with Crippen LogP contribution in [0.15, 0.2) is 36.4 Å². The van der Waals surface area contributed by atoms with Crippen LogP contribution < -0.4 is 5.32 Å². The summed E-state index contributed by atoms with van der Waals surface area (Å²) in [5.41, 5.74) is -1.28. The van der Waals surface area contributed by atoms with Crippen LogP contribution in [0.5, 0.6) is 0 Å². The van der Waals surface area contributed by atoms with Gasteiger partial charge < -0.3 is 5.32 Å². The second kappa shape index (κ2) is 6.21. The predicted octanol–water partition coefficient (Wildman–Crippen LogP) is 2.84. The Morgan fingerprint density at radius 1 is 1.07 bits per heavy atom. The van der Waals surface area contributed by atoms with E-state index in [1.807, 2.05) is 12.2 Å². The number of imide groups is 1. The van der Waals surface area contributed by atoms with Crippen LogP contribution in [0.25, 0.3) is 0 Å². The number of amides is 3. The van der Waals surface area contributed by atoms with E-state index >= 15 is 0 Å². The summed E-state index contributed by atoms with van der Waals surface area (Å²) in [6, 6.07) is 4.68. The molecule has 3 amide bonds. The molecule has 1 saturated carbocycles. The standard InChI is InChI=1S/C19H17F3N2O3/c20-19(21,22)12-3-1-2-4-13(12)23-14(25)7-8-24-17(26)15-10-5-6-11(9-10)16(15)18(24)27/h1-6,10-11,15-16H,7-9H2,(H,23,25)/t10-,11-,15-,16-/m0/s1. The van der Waals surface area contributed by atoms with Gasteiger partial charge in [0.05, 0.1) is 23.1 Å². The summed E-state index contributed by atoms with van der Waals surface area (Å²) in [7, 11) is 0. The molecule has 3 aliphatic rings. The highest BCUT2D eigenvalue weighted by atomic mass is 19.4. The molecule has 2 aliphatic carbocycles. The number of likely N-dealkylation sites (tertiary alicyclic amines) is 1. The summed E-state index contributed by atoms with van der Waals surface area (Å²) in [6.07, 6.45) is -0.0711. The van der Waals surface area contributed by atoms with E-state index in [0.717, 1.165) is 17.4 Å². The molecule has 1 N–H and O–H groups in total. The minimum atomic E-state index is -4.59. The van der Waals surface area contributed by atoms with Crippen molar-refractivity contribution >= 4 is 23.4 Å². The molecule has 142 valence electrons. The van der Waals surface area contributed by atoms with E-state index in [1.165, 1.54) is 18.2 Å². The van der Waals surface area contributed by atoms with Gasteiger partial charge in [0.1, 0.15) is 0 Å². The average Bonchev–Trinajstić information content (AvgIpc) is 3.27. The van der Waals surface area contributed by atoms with Gasteiger partial charge in [0.25, 0.3) is 0 Å². The SMILES string of the molecule is O=C(CCN1C(=O)[C@@H]2[C@@H](C1=O)[C@H]1C=C[C@H]2C1)Nc1ccccc1C(F)(F)F. The molecule has 0 spiro atoms. The Bertz CT molecular complexity index is 819. The maximum absolute atomic E-state index is 13.0. The lowest BCUT2D eigenvalue weighted by atomic mass is 9.85. The molecular formula is C19H17F3N2O3. The number of carbonyl (C=O) groups excluding carboxylic acids is 3. The highest BCUT2D eigenvalue weighted by Crippen LogP contribution is 2.52. The number of nitrogens with zero attached hydrogens (tertiary/aromatic N) is 1. The number of benzene rings is 1. The minimum absolute atomic E-state index is 0.0777. The number of anilines is 1. The van der Waals surface area contributed by atoms with E-state index < -0.39 is 17.6 Å². The molecule has 5 nitrogen and oxygen atoms in total. The number of hydrogen-bond acceptors (Lipinski definition) is 3. The van der Waals surface area contributed by atoms with Crippen molar-refractivity contribution in [2.45, 2.75) is 19.0 Å². The van der Waals surface area contributed by atoms with Crippen molar-refractivity contribution in [1.29, 1.82) is 0 Å². The number of para-hydroxylation sites is 1. The molecule has 2 fully saturated rings. The van der Waals surface area contributed by atoms with E-state index in [-0.39, 0.29) is 54.1 Å². The summed E-state index contributed by atoms with van der Waals surface area (Å²) in [4.78, 5) is 38.3. The molecule has 4 atom stereocenters. The topological polar surface area (TPSA) is 66.5 Å². The van der Waals surface area contributed by atoms with Crippen LogP contribution in [0.3, 0.4) is 0 Å². The Morgan fingerprint density at radius 2 is 1.67 bits per heavy atom. The van der Waals surface area contributed by atoms with E-state index in [0.29, 0.717) is 0 Å². The van der Waals surface area contributed by atoms with Crippen LogP contribution in [0.4, 0.5) is 18.9 Å². The minimum Gasteiger partial charge on any atom is -0.325 e. The fraction of sp³-hybridized carbons (Fsp3) is 0.421. The lowest BCUT2D eigenvalue weighted by molar-refractivity contribution is -0.141. The Balaban J connectivity index is 1.40. The van der Waals surface area contributed by atoms with Crippen molar-refractivity contribution in [3.8, 4) is 0 Å². The van der Waals surface area contributed by atoms with Gasteiger partial charge in [-0.2, -0.15) is 13.2 Å². The van der Waals surface area contributed by atoms with Gasteiger partial charge in [0.2, 0.25) is 17.7 Å². The maximum Gasteiger partial charge on any atom is 0.418 e. The first-order chi connectivity index (χ1) is 12.8. The van der Waals surface area contributed by atoms with Gasteiger partial charge in [-0.1, -0.05) is 24.3 Å². The maximum atomic E-state index is 13.0. The molecule has 1 saturated heterocycles. The van der Waals surface area contributed by atoms with Gasteiger partial charge in [-0.25, -0.2) is 0 Å². The number of halogens is 3. The quantitative estimate of drug-likeness (QED) is 0.647. The average molecular weight is 378 g/mol. The molecule has 1 aliphatic heterocycles. The lowest BCUT2D eigenvalue weighted by Gasteiger charge is -2.17.